The zero-order chi connectivity index (χ0) is 9.40. The molecule has 2 nitrogen and oxygen atoms in total. The van der Waals surface area contributed by atoms with Gasteiger partial charge in [0.1, 0.15) is 0 Å². The average Bonchev–Trinajstić information content (AvgIpc) is 1.98. The van der Waals surface area contributed by atoms with Crippen LogP contribution in [0.25, 0.3) is 0 Å². The normalized spacial score (nSPS) is 12.8. The Morgan fingerprint density at radius 3 is 2.58 bits per heavy atom. The van der Waals surface area contributed by atoms with E-state index in [-0.39, 0.29) is 5.91 Å². The van der Waals surface area contributed by atoms with Crippen LogP contribution in [-0.4, -0.2) is 11.2 Å². The second-order valence-electron chi connectivity index (χ2n) is 3.15. The summed E-state index contributed by atoms with van der Waals surface area (Å²) in [6, 6.07) is 0. The minimum atomic E-state index is -0.193. The fourth-order valence-electron chi connectivity index (χ4n) is 1.16. The van der Waals surface area contributed by atoms with Crippen LogP contribution in [0.15, 0.2) is 0 Å². The van der Waals surface area contributed by atoms with E-state index < -0.39 is 0 Å². The van der Waals surface area contributed by atoms with E-state index >= 15 is 0 Å². The minimum Gasteiger partial charge on any atom is -0.370 e. The first-order valence-corrected chi connectivity index (χ1v) is 5.14. The number of nitrogens with two attached hydrogens (primary N) is 1. The van der Waals surface area contributed by atoms with Crippen LogP contribution in [0.1, 0.15) is 45.4 Å². The van der Waals surface area contributed by atoms with E-state index in [4.69, 9.17) is 5.73 Å². The van der Waals surface area contributed by atoms with Crippen LogP contribution < -0.4 is 5.73 Å². The van der Waals surface area contributed by atoms with E-state index in [1.165, 1.54) is 12.8 Å². The first kappa shape index (κ1) is 11.8. The van der Waals surface area contributed by atoms with E-state index in [9.17, 15) is 4.79 Å². The summed E-state index contributed by atoms with van der Waals surface area (Å²) >= 11 is 4.42. The summed E-state index contributed by atoms with van der Waals surface area (Å²) in [5.41, 5.74) is 5.01. The van der Waals surface area contributed by atoms with Gasteiger partial charge in [-0.1, -0.05) is 19.8 Å². The lowest BCUT2D eigenvalue weighted by Gasteiger charge is -2.07. The zero-order valence-corrected chi connectivity index (χ0v) is 8.65. The lowest BCUT2D eigenvalue weighted by atomic mass is 10.1. The van der Waals surface area contributed by atoms with Crippen molar-refractivity contribution < 1.29 is 4.79 Å². The minimum absolute atomic E-state index is 0.193. The third kappa shape index (κ3) is 7.92. The van der Waals surface area contributed by atoms with Gasteiger partial charge >= 0.3 is 0 Å². The summed E-state index contributed by atoms with van der Waals surface area (Å²) in [7, 11) is 0. The van der Waals surface area contributed by atoms with Crippen LogP contribution >= 0.6 is 12.6 Å². The fourth-order valence-corrected chi connectivity index (χ4v) is 1.60. The number of hydrogen-bond acceptors (Lipinski definition) is 2. The Labute approximate surface area is 80.3 Å². The summed E-state index contributed by atoms with van der Waals surface area (Å²) < 4.78 is 0. The summed E-state index contributed by atoms with van der Waals surface area (Å²) in [5.74, 6) is -0.193. The van der Waals surface area contributed by atoms with Gasteiger partial charge in [-0.15, -0.1) is 0 Å². The van der Waals surface area contributed by atoms with Gasteiger partial charge in [0, 0.05) is 11.7 Å². The van der Waals surface area contributed by atoms with Gasteiger partial charge in [-0.05, 0) is 19.3 Å². The maximum absolute atomic E-state index is 10.4. The van der Waals surface area contributed by atoms with Gasteiger partial charge in [-0.2, -0.15) is 12.6 Å². The molecule has 1 unspecified atom stereocenters. The second-order valence-corrected chi connectivity index (χ2v) is 3.88. The highest BCUT2D eigenvalue weighted by Crippen LogP contribution is 2.13. The summed E-state index contributed by atoms with van der Waals surface area (Å²) in [6.45, 7) is 2.16. The third-order valence-electron chi connectivity index (χ3n) is 1.83. The molecule has 72 valence electrons. The molecule has 3 heteroatoms. The first-order chi connectivity index (χ1) is 5.66. The van der Waals surface area contributed by atoms with E-state index in [1.54, 1.807) is 0 Å². The van der Waals surface area contributed by atoms with Crippen LogP contribution in [0.4, 0.5) is 0 Å². The third-order valence-corrected chi connectivity index (χ3v) is 2.35. The summed E-state index contributed by atoms with van der Waals surface area (Å²) in [5, 5.41) is 0.503. The molecule has 0 saturated carbocycles. The Morgan fingerprint density at radius 2 is 2.08 bits per heavy atom. The number of carbonyl (C=O) groups excluding carboxylic acids is 1. The molecule has 2 N–H and O–H groups in total. The second kappa shape index (κ2) is 7.47. The Morgan fingerprint density at radius 1 is 1.42 bits per heavy atom. The van der Waals surface area contributed by atoms with E-state index in [0.717, 1.165) is 19.3 Å². The molecule has 0 aliphatic rings. The Balaban J connectivity index is 3.13. The standard InChI is InChI=1S/C9H19NOS/c1-2-5-8(12)6-3-4-7-9(10)11/h8,12H,2-7H2,1H3,(H2,10,11). The predicted octanol–water partition coefficient (Wildman–Crippen LogP) is 2.13. The molecule has 0 spiro atoms. The highest BCUT2D eigenvalue weighted by Gasteiger charge is 2.01. The average molecular weight is 189 g/mol. The number of primary amides is 1. The van der Waals surface area contributed by atoms with E-state index in [1.807, 2.05) is 0 Å². The van der Waals surface area contributed by atoms with Crippen molar-refractivity contribution in [2.24, 2.45) is 5.73 Å². The molecular formula is C9H19NOS. The van der Waals surface area contributed by atoms with Crippen molar-refractivity contribution >= 4 is 18.5 Å². The maximum atomic E-state index is 10.4. The maximum Gasteiger partial charge on any atom is 0.217 e. The molecule has 0 saturated heterocycles. The molecule has 0 aromatic heterocycles. The molecule has 0 aromatic carbocycles. The molecule has 0 heterocycles. The lowest BCUT2D eigenvalue weighted by Crippen LogP contribution is -2.10. The monoisotopic (exact) mass is 189 g/mol. The molecule has 0 bridgehead atoms. The van der Waals surface area contributed by atoms with Crippen molar-refractivity contribution in [3.63, 3.8) is 0 Å². The van der Waals surface area contributed by atoms with Gasteiger partial charge in [-0.25, -0.2) is 0 Å². The highest BCUT2D eigenvalue weighted by atomic mass is 32.1. The highest BCUT2D eigenvalue weighted by molar-refractivity contribution is 7.80. The van der Waals surface area contributed by atoms with Gasteiger partial charge in [0.25, 0.3) is 0 Å². The van der Waals surface area contributed by atoms with Crippen molar-refractivity contribution in [1.82, 2.24) is 0 Å². The quantitative estimate of drug-likeness (QED) is 0.467. The smallest absolute Gasteiger partial charge is 0.217 e. The molecule has 12 heavy (non-hydrogen) atoms. The molecule has 0 rings (SSSR count). The van der Waals surface area contributed by atoms with E-state index in [0.29, 0.717) is 11.7 Å². The lowest BCUT2D eigenvalue weighted by molar-refractivity contribution is -0.118. The molecule has 1 amide bonds. The van der Waals surface area contributed by atoms with Crippen LogP contribution in [0.5, 0.6) is 0 Å². The van der Waals surface area contributed by atoms with Gasteiger partial charge in [0.05, 0.1) is 0 Å². The zero-order valence-electron chi connectivity index (χ0n) is 7.75. The molecule has 0 aliphatic heterocycles. The van der Waals surface area contributed by atoms with Crippen molar-refractivity contribution in [2.75, 3.05) is 0 Å². The summed E-state index contributed by atoms with van der Waals surface area (Å²) in [4.78, 5) is 10.4. The van der Waals surface area contributed by atoms with Crippen molar-refractivity contribution in [3.05, 3.63) is 0 Å². The van der Waals surface area contributed by atoms with Gasteiger partial charge in [0.15, 0.2) is 0 Å². The van der Waals surface area contributed by atoms with Crippen molar-refractivity contribution in [1.29, 1.82) is 0 Å². The molecule has 0 aromatic rings. The SMILES string of the molecule is CCCC(S)CCCCC(N)=O. The Hall–Kier alpha value is -0.180. The molecule has 0 aliphatic carbocycles. The number of thiol groups is 1. The number of rotatable bonds is 7. The summed E-state index contributed by atoms with van der Waals surface area (Å²) in [6.07, 6.45) is 5.95. The van der Waals surface area contributed by atoms with E-state index in [2.05, 4.69) is 19.6 Å². The van der Waals surface area contributed by atoms with Gasteiger partial charge in [0.2, 0.25) is 5.91 Å². The Bertz CT molecular complexity index is 128. The van der Waals surface area contributed by atoms with Crippen LogP contribution in [-0.2, 0) is 4.79 Å². The molecular weight excluding hydrogens is 170 g/mol. The van der Waals surface area contributed by atoms with Gasteiger partial charge in [-0.3, -0.25) is 4.79 Å². The molecule has 1 atom stereocenters. The Kier molecular flexibility index (Phi) is 7.36. The topological polar surface area (TPSA) is 43.1 Å². The van der Waals surface area contributed by atoms with Crippen LogP contribution in [0.2, 0.25) is 0 Å². The van der Waals surface area contributed by atoms with Crippen molar-refractivity contribution in [3.8, 4) is 0 Å². The van der Waals surface area contributed by atoms with Gasteiger partial charge < -0.3 is 5.73 Å². The first-order valence-electron chi connectivity index (χ1n) is 4.63. The van der Waals surface area contributed by atoms with Crippen LogP contribution in [0, 0.1) is 0 Å². The van der Waals surface area contributed by atoms with Crippen molar-refractivity contribution in [2.45, 2.75) is 50.7 Å². The number of carbonyl (C=O) groups is 1. The predicted molar refractivity (Wildman–Crippen MR) is 55.3 cm³/mol. The fraction of sp³-hybridized carbons (Fsp3) is 0.889. The number of amides is 1. The molecule has 0 radical (unpaired) electrons. The number of hydrogen-bond donors (Lipinski definition) is 2. The van der Waals surface area contributed by atoms with Crippen LogP contribution in [0.3, 0.4) is 0 Å². The largest absolute Gasteiger partial charge is 0.370 e. The molecule has 0 fully saturated rings. The number of unbranched alkanes of at least 4 members (excludes halogenated alkanes) is 1.